The number of nitrogens with one attached hydrogen (secondary N) is 4. The second-order valence-corrected chi connectivity index (χ2v) is 12.2. The Hall–Kier alpha value is -2.88. The maximum absolute atomic E-state index is 14.9. The van der Waals surface area contributed by atoms with E-state index < -0.39 is 11.6 Å². The summed E-state index contributed by atoms with van der Waals surface area (Å²) in [6.45, 7) is 8.25. The van der Waals surface area contributed by atoms with Gasteiger partial charge in [0.15, 0.2) is 0 Å². The van der Waals surface area contributed by atoms with Crippen molar-refractivity contribution in [2.24, 2.45) is 5.92 Å². The summed E-state index contributed by atoms with van der Waals surface area (Å²) in [5.41, 5.74) is 0.660. The molecule has 1 aromatic carbocycles. The van der Waals surface area contributed by atoms with Gasteiger partial charge in [-0.1, -0.05) is 0 Å². The summed E-state index contributed by atoms with van der Waals surface area (Å²) in [6.07, 6.45) is 7.55. The zero-order chi connectivity index (χ0) is 28.0. The van der Waals surface area contributed by atoms with Crippen LogP contribution < -0.4 is 26.2 Å². The van der Waals surface area contributed by atoms with Crippen molar-refractivity contribution in [1.82, 2.24) is 16.0 Å². The third-order valence-corrected chi connectivity index (χ3v) is 7.92. The van der Waals surface area contributed by atoms with Crippen LogP contribution in [0.15, 0.2) is 18.2 Å². The Morgan fingerprint density at radius 2 is 1.74 bits per heavy atom. The number of piperidine rings is 2. The zero-order valence-electron chi connectivity index (χ0n) is 23.5. The van der Waals surface area contributed by atoms with Crippen molar-refractivity contribution in [3.63, 3.8) is 0 Å². The number of carbonyl (C=O) groups is 3. The molecule has 1 aliphatic carbocycles. The van der Waals surface area contributed by atoms with Crippen LogP contribution in [-0.2, 0) is 14.3 Å². The van der Waals surface area contributed by atoms with Crippen LogP contribution in [-0.4, -0.2) is 61.3 Å². The molecule has 9 nitrogen and oxygen atoms in total. The highest BCUT2D eigenvalue weighted by Gasteiger charge is 2.28. The van der Waals surface area contributed by atoms with Crippen LogP contribution in [0.1, 0.15) is 78.6 Å². The van der Waals surface area contributed by atoms with E-state index >= 15 is 0 Å². The number of halogens is 1. The van der Waals surface area contributed by atoms with E-state index in [2.05, 4.69) is 26.2 Å². The minimum atomic E-state index is -0.527. The molecule has 0 spiro atoms. The largest absolute Gasteiger partial charge is 0.444 e. The molecule has 4 N–H and O–H groups in total. The maximum Gasteiger partial charge on any atom is 0.407 e. The highest BCUT2D eigenvalue weighted by molar-refractivity contribution is 6.01. The van der Waals surface area contributed by atoms with Gasteiger partial charge in [0.05, 0.1) is 5.69 Å². The zero-order valence-corrected chi connectivity index (χ0v) is 23.5. The lowest BCUT2D eigenvalue weighted by atomic mass is 9.90. The highest BCUT2D eigenvalue weighted by Crippen LogP contribution is 2.29. The van der Waals surface area contributed by atoms with Crippen LogP contribution in [0, 0.1) is 11.7 Å². The van der Waals surface area contributed by atoms with Gasteiger partial charge >= 0.3 is 6.09 Å². The lowest BCUT2D eigenvalue weighted by Crippen LogP contribution is -2.47. The molecule has 3 aliphatic rings. The minimum Gasteiger partial charge on any atom is -0.444 e. The molecule has 4 rings (SSSR count). The smallest absolute Gasteiger partial charge is 0.407 e. The van der Waals surface area contributed by atoms with Crippen LogP contribution in [0.3, 0.4) is 0 Å². The molecule has 2 aliphatic heterocycles. The molecule has 2 saturated heterocycles. The predicted molar refractivity (Wildman–Crippen MR) is 149 cm³/mol. The third-order valence-electron chi connectivity index (χ3n) is 7.92. The number of hydrogen-bond donors (Lipinski definition) is 4. The summed E-state index contributed by atoms with van der Waals surface area (Å²) in [5, 5.41) is 12.1. The Kier molecular flexibility index (Phi) is 9.69. The van der Waals surface area contributed by atoms with E-state index in [-0.39, 0.29) is 36.2 Å². The topological polar surface area (TPSA) is 112 Å². The molecule has 0 radical (unpaired) electrons. The maximum atomic E-state index is 14.9. The van der Waals surface area contributed by atoms with E-state index in [0.29, 0.717) is 29.8 Å². The van der Waals surface area contributed by atoms with Gasteiger partial charge in [-0.05, 0) is 103 Å². The summed E-state index contributed by atoms with van der Waals surface area (Å²) in [7, 11) is 0. The number of benzene rings is 1. The van der Waals surface area contributed by atoms with Crippen molar-refractivity contribution in [2.45, 2.75) is 102 Å². The highest BCUT2D eigenvalue weighted by atomic mass is 19.1. The van der Waals surface area contributed by atoms with Gasteiger partial charge in [-0.3, -0.25) is 14.9 Å². The van der Waals surface area contributed by atoms with Crippen molar-refractivity contribution >= 4 is 29.3 Å². The van der Waals surface area contributed by atoms with Gasteiger partial charge in [0.1, 0.15) is 17.5 Å². The second-order valence-electron chi connectivity index (χ2n) is 12.2. The Morgan fingerprint density at radius 1 is 1.05 bits per heavy atom. The number of amides is 3. The van der Waals surface area contributed by atoms with Crippen molar-refractivity contribution in [3.05, 3.63) is 24.0 Å². The molecular formula is C29H44FN5O4. The number of carbonyl (C=O) groups excluding carboxylic acids is 3. The van der Waals surface area contributed by atoms with Crippen LogP contribution in [0.4, 0.5) is 20.6 Å². The summed E-state index contributed by atoms with van der Waals surface area (Å²) >= 11 is 0. The fourth-order valence-corrected chi connectivity index (χ4v) is 5.76. The molecule has 0 aromatic heterocycles. The molecule has 1 aromatic rings. The molecule has 39 heavy (non-hydrogen) atoms. The van der Waals surface area contributed by atoms with Crippen molar-refractivity contribution in [3.8, 4) is 0 Å². The summed E-state index contributed by atoms with van der Waals surface area (Å²) < 4.78 is 20.3. The average molecular weight is 546 g/mol. The first-order valence-electron chi connectivity index (χ1n) is 14.4. The third kappa shape index (κ3) is 8.81. The molecule has 1 unspecified atom stereocenters. The molecule has 216 valence electrons. The molecule has 0 bridgehead atoms. The van der Waals surface area contributed by atoms with Gasteiger partial charge < -0.3 is 25.6 Å². The summed E-state index contributed by atoms with van der Waals surface area (Å²) in [4.78, 5) is 37.4. The Labute approximate surface area is 231 Å². The van der Waals surface area contributed by atoms with Crippen molar-refractivity contribution in [2.75, 3.05) is 29.9 Å². The molecule has 1 saturated carbocycles. The van der Waals surface area contributed by atoms with E-state index in [4.69, 9.17) is 4.74 Å². The fraction of sp³-hybridized carbons (Fsp3) is 0.690. The number of hydrogen-bond acceptors (Lipinski definition) is 7. The Bertz CT molecular complexity index is 1010. The Morgan fingerprint density at radius 3 is 2.38 bits per heavy atom. The lowest BCUT2D eigenvalue weighted by molar-refractivity contribution is -0.133. The van der Waals surface area contributed by atoms with E-state index in [0.717, 1.165) is 64.6 Å². The fourth-order valence-electron chi connectivity index (χ4n) is 5.76. The molecule has 2 heterocycles. The molecule has 10 heteroatoms. The quantitative estimate of drug-likeness (QED) is 0.364. The summed E-state index contributed by atoms with van der Waals surface area (Å²) in [6, 6.07) is 5.16. The van der Waals surface area contributed by atoms with Crippen molar-refractivity contribution in [1.29, 1.82) is 0 Å². The van der Waals surface area contributed by atoms with E-state index in [1.165, 1.54) is 6.07 Å². The van der Waals surface area contributed by atoms with Crippen LogP contribution >= 0.6 is 0 Å². The van der Waals surface area contributed by atoms with E-state index in [1.807, 2.05) is 20.8 Å². The van der Waals surface area contributed by atoms with Gasteiger partial charge in [-0.15, -0.1) is 0 Å². The van der Waals surface area contributed by atoms with Gasteiger partial charge in [0, 0.05) is 37.3 Å². The van der Waals surface area contributed by atoms with Gasteiger partial charge in [-0.25, -0.2) is 9.18 Å². The van der Waals surface area contributed by atoms with Gasteiger partial charge in [0.2, 0.25) is 11.8 Å². The molecule has 3 fully saturated rings. The second kappa shape index (κ2) is 13.0. The SMILES string of the molecule is CC(C)(C)OC(=O)NC1CCC(NCCC2CCN(c3ccc(NC4CCC(=O)NC4=O)cc3F)CC2)CC1. The predicted octanol–water partition coefficient (Wildman–Crippen LogP) is 4.07. The monoisotopic (exact) mass is 545 g/mol. The number of rotatable bonds is 8. The van der Waals surface area contributed by atoms with Crippen molar-refractivity contribution < 1.29 is 23.5 Å². The first-order chi connectivity index (χ1) is 18.6. The van der Waals surface area contributed by atoms with Crippen LogP contribution in [0.2, 0.25) is 0 Å². The first-order valence-corrected chi connectivity index (χ1v) is 14.4. The normalized spacial score (nSPS) is 24.7. The van der Waals surface area contributed by atoms with E-state index in [1.54, 1.807) is 12.1 Å². The molecule has 3 amide bonds. The average Bonchev–Trinajstić information content (AvgIpc) is 2.86. The number of ether oxygens (including phenoxy) is 1. The minimum absolute atomic E-state index is 0.185. The van der Waals surface area contributed by atoms with Gasteiger partial charge in [-0.2, -0.15) is 0 Å². The lowest BCUT2D eigenvalue weighted by Gasteiger charge is -2.35. The first kappa shape index (κ1) is 29.1. The molecular weight excluding hydrogens is 501 g/mol. The van der Waals surface area contributed by atoms with Crippen LogP contribution in [0.5, 0.6) is 0 Å². The van der Waals surface area contributed by atoms with E-state index in [9.17, 15) is 18.8 Å². The van der Waals surface area contributed by atoms with Gasteiger partial charge in [0.25, 0.3) is 0 Å². The number of alkyl carbamates (subject to hydrolysis) is 1. The number of imide groups is 1. The number of anilines is 2. The standard InChI is InChI=1S/C29H44FN5O4/c1-29(2,3)39-28(38)33-21-6-4-20(5-7-21)31-15-12-19-13-16-35(17-14-19)25-10-8-22(18-23(25)30)32-24-9-11-26(36)34-27(24)37/h8,10,18-21,24,31-32H,4-7,9,11-17H2,1-3H3,(H,33,38)(H,34,36,37). The summed E-state index contributed by atoms with van der Waals surface area (Å²) in [5.74, 6) is -0.314. The number of nitrogens with zero attached hydrogens (tertiary/aromatic N) is 1. The van der Waals surface area contributed by atoms with Crippen LogP contribution in [0.25, 0.3) is 0 Å². The molecule has 1 atom stereocenters. The Balaban J connectivity index is 1.13.